The van der Waals surface area contributed by atoms with Crippen LogP contribution in [0.1, 0.15) is 36.0 Å². The highest BCUT2D eigenvalue weighted by atomic mass is 32.2. The molecule has 0 aromatic heterocycles. The average molecular weight is 365 g/mol. The Morgan fingerprint density at radius 3 is 2.12 bits per heavy atom. The summed E-state index contributed by atoms with van der Waals surface area (Å²) in [7, 11) is -2.63. The first kappa shape index (κ1) is 18.7. The van der Waals surface area contributed by atoms with Gasteiger partial charge in [0.25, 0.3) is 0 Å². The van der Waals surface area contributed by atoms with Crippen molar-refractivity contribution < 1.29 is 31.1 Å². The molecule has 1 aromatic rings. The third kappa shape index (κ3) is 4.47. The van der Waals surface area contributed by atoms with Gasteiger partial charge >= 0.3 is 12.1 Å². The molecular weight excluding hydrogens is 347 g/mol. The molecule has 1 aliphatic carbocycles. The predicted octanol–water partition coefficient (Wildman–Crippen LogP) is 2.87. The van der Waals surface area contributed by atoms with Crippen molar-refractivity contribution in [2.75, 3.05) is 7.11 Å². The Balaban J connectivity index is 2.01. The number of esters is 1. The number of nitrogens with one attached hydrogen (secondary N) is 1. The summed E-state index contributed by atoms with van der Waals surface area (Å²) in [6, 6.07) is 4.64. The highest BCUT2D eigenvalue weighted by molar-refractivity contribution is 7.89. The summed E-state index contributed by atoms with van der Waals surface area (Å²) in [5, 5.41) is 0. The number of carbonyl (C=O) groups excluding carboxylic acids is 1. The van der Waals surface area contributed by atoms with Crippen LogP contribution in [-0.4, -0.2) is 33.7 Å². The molecule has 0 aliphatic heterocycles. The van der Waals surface area contributed by atoms with Gasteiger partial charge < -0.3 is 4.74 Å². The smallest absolute Gasteiger partial charge is 0.391 e. The summed E-state index contributed by atoms with van der Waals surface area (Å²) in [6.07, 6.45) is -4.11. The number of methoxy groups -OCH3 is 1. The molecule has 2 rings (SSSR count). The van der Waals surface area contributed by atoms with Gasteiger partial charge in [0.2, 0.25) is 10.0 Å². The number of benzene rings is 1. The summed E-state index contributed by atoms with van der Waals surface area (Å²) >= 11 is 0. The summed E-state index contributed by atoms with van der Waals surface area (Å²) in [4.78, 5) is 11.3. The maximum Gasteiger partial charge on any atom is 0.391 e. The molecule has 0 spiro atoms. The second kappa shape index (κ2) is 7.10. The fourth-order valence-corrected chi connectivity index (χ4v) is 4.02. The molecule has 1 saturated carbocycles. The first-order valence-corrected chi connectivity index (χ1v) is 8.89. The number of hydrogen-bond donors (Lipinski definition) is 1. The number of hydrogen-bond acceptors (Lipinski definition) is 4. The molecular formula is C15H18F3NO4S. The van der Waals surface area contributed by atoms with Gasteiger partial charge in [-0.25, -0.2) is 17.9 Å². The second-order valence-electron chi connectivity index (χ2n) is 5.73. The highest BCUT2D eigenvalue weighted by Crippen LogP contribution is 2.37. The number of sulfonamides is 1. The Morgan fingerprint density at radius 1 is 1.12 bits per heavy atom. The average Bonchev–Trinajstić information content (AvgIpc) is 2.53. The third-order valence-corrected chi connectivity index (χ3v) is 5.63. The van der Waals surface area contributed by atoms with Crippen molar-refractivity contribution in [2.45, 2.75) is 42.8 Å². The van der Waals surface area contributed by atoms with Gasteiger partial charge in [-0.05, 0) is 49.9 Å². The van der Waals surface area contributed by atoms with Gasteiger partial charge in [-0.1, -0.05) is 0 Å². The van der Waals surface area contributed by atoms with Crippen molar-refractivity contribution >= 4 is 16.0 Å². The van der Waals surface area contributed by atoms with Crippen LogP contribution in [0.3, 0.4) is 0 Å². The summed E-state index contributed by atoms with van der Waals surface area (Å²) in [5.41, 5.74) is 0.210. The van der Waals surface area contributed by atoms with E-state index in [1.165, 1.54) is 31.4 Å². The van der Waals surface area contributed by atoms with Crippen molar-refractivity contribution in [1.82, 2.24) is 4.72 Å². The van der Waals surface area contributed by atoms with Crippen molar-refractivity contribution in [3.05, 3.63) is 29.8 Å². The van der Waals surface area contributed by atoms with E-state index in [0.717, 1.165) is 0 Å². The molecule has 0 unspecified atom stereocenters. The second-order valence-corrected chi connectivity index (χ2v) is 7.44. The minimum Gasteiger partial charge on any atom is -0.465 e. The maximum absolute atomic E-state index is 12.6. The number of alkyl halides is 3. The fourth-order valence-electron chi connectivity index (χ4n) is 2.71. The number of carbonyl (C=O) groups is 1. The van der Waals surface area contributed by atoms with Gasteiger partial charge in [-0.15, -0.1) is 0 Å². The van der Waals surface area contributed by atoms with Crippen molar-refractivity contribution in [3.63, 3.8) is 0 Å². The van der Waals surface area contributed by atoms with E-state index in [-0.39, 0.29) is 36.1 Å². The number of rotatable bonds is 4. The van der Waals surface area contributed by atoms with Gasteiger partial charge in [0.1, 0.15) is 0 Å². The van der Waals surface area contributed by atoms with E-state index < -0.39 is 34.1 Å². The summed E-state index contributed by atoms with van der Waals surface area (Å²) in [6.45, 7) is 0. The molecule has 9 heteroatoms. The van der Waals surface area contributed by atoms with Crippen LogP contribution in [0.25, 0.3) is 0 Å². The quantitative estimate of drug-likeness (QED) is 0.833. The molecule has 0 atom stereocenters. The zero-order chi connectivity index (χ0) is 18.0. The van der Waals surface area contributed by atoms with E-state index in [1.807, 2.05) is 0 Å². The molecule has 0 heterocycles. The lowest BCUT2D eigenvalue weighted by Gasteiger charge is -2.30. The van der Waals surface area contributed by atoms with Crippen LogP contribution >= 0.6 is 0 Å². The number of halogens is 3. The van der Waals surface area contributed by atoms with Crippen LogP contribution < -0.4 is 4.72 Å². The molecule has 1 aromatic carbocycles. The molecule has 1 aliphatic rings. The molecule has 5 nitrogen and oxygen atoms in total. The molecule has 1 fully saturated rings. The van der Waals surface area contributed by atoms with Gasteiger partial charge in [-0.2, -0.15) is 13.2 Å². The Morgan fingerprint density at radius 2 is 1.67 bits per heavy atom. The van der Waals surface area contributed by atoms with E-state index in [4.69, 9.17) is 0 Å². The molecule has 0 amide bonds. The van der Waals surface area contributed by atoms with Crippen LogP contribution in [0.15, 0.2) is 29.2 Å². The minimum absolute atomic E-state index is 0.0481. The van der Waals surface area contributed by atoms with Crippen molar-refractivity contribution in [1.29, 1.82) is 0 Å². The third-order valence-electron chi connectivity index (χ3n) is 4.10. The maximum atomic E-state index is 12.6. The molecule has 0 bridgehead atoms. The Bertz CT molecular complexity index is 678. The van der Waals surface area contributed by atoms with E-state index in [9.17, 15) is 26.4 Å². The zero-order valence-electron chi connectivity index (χ0n) is 13.0. The standard InChI is InChI=1S/C15H18F3NO4S/c1-23-14(20)10-2-8-13(9-3-10)24(21,22)19-12-6-4-11(5-7-12)15(16,17)18/h2-3,8-9,11-12,19H,4-7H2,1H3. The minimum atomic E-state index is -4.23. The Labute approximate surface area is 138 Å². The van der Waals surface area contributed by atoms with Gasteiger partial charge in [0, 0.05) is 6.04 Å². The SMILES string of the molecule is COC(=O)c1ccc(S(=O)(=O)NC2CCC(C(F)(F)F)CC2)cc1. The molecule has 0 radical (unpaired) electrons. The lowest BCUT2D eigenvalue weighted by molar-refractivity contribution is -0.182. The first-order chi connectivity index (χ1) is 11.1. The van der Waals surface area contributed by atoms with Crippen LogP contribution in [0, 0.1) is 5.92 Å². The van der Waals surface area contributed by atoms with Crippen LogP contribution in [-0.2, 0) is 14.8 Å². The number of ether oxygens (including phenoxy) is 1. The van der Waals surface area contributed by atoms with Crippen LogP contribution in [0.5, 0.6) is 0 Å². The van der Waals surface area contributed by atoms with E-state index in [1.54, 1.807) is 0 Å². The fraction of sp³-hybridized carbons (Fsp3) is 0.533. The topological polar surface area (TPSA) is 72.5 Å². The largest absolute Gasteiger partial charge is 0.465 e. The zero-order valence-corrected chi connectivity index (χ0v) is 13.8. The molecule has 134 valence electrons. The summed E-state index contributed by atoms with van der Waals surface area (Å²) in [5.74, 6) is -1.95. The van der Waals surface area contributed by atoms with Crippen LogP contribution in [0.2, 0.25) is 0 Å². The van der Waals surface area contributed by atoms with Crippen molar-refractivity contribution in [3.8, 4) is 0 Å². The van der Waals surface area contributed by atoms with E-state index >= 15 is 0 Å². The van der Waals surface area contributed by atoms with Gasteiger partial charge in [0.15, 0.2) is 0 Å². The molecule has 1 N–H and O–H groups in total. The molecule has 24 heavy (non-hydrogen) atoms. The highest BCUT2D eigenvalue weighted by Gasteiger charge is 2.41. The summed E-state index contributed by atoms with van der Waals surface area (Å²) < 4.78 is 69.4. The van der Waals surface area contributed by atoms with Crippen LogP contribution in [0.4, 0.5) is 13.2 Å². The van der Waals surface area contributed by atoms with E-state index in [2.05, 4.69) is 9.46 Å². The molecule has 0 saturated heterocycles. The van der Waals surface area contributed by atoms with Gasteiger partial charge in [-0.3, -0.25) is 0 Å². The van der Waals surface area contributed by atoms with Crippen molar-refractivity contribution in [2.24, 2.45) is 5.92 Å². The van der Waals surface area contributed by atoms with E-state index in [0.29, 0.717) is 0 Å². The lowest BCUT2D eigenvalue weighted by Crippen LogP contribution is -2.39. The van der Waals surface area contributed by atoms with Gasteiger partial charge in [0.05, 0.1) is 23.5 Å². The Hall–Kier alpha value is -1.61. The normalized spacial score (nSPS) is 22.2. The first-order valence-electron chi connectivity index (χ1n) is 7.41. The Kier molecular flexibility index (Phi) is 5.54. The lowest BCUT2D eigenvalue weighted by atomic mass is 9.86. The predicted molar refractivity (Wildman–Crippen MR) is 79.9 cm³/mol. The monoisotopic (exact) mass is 365 g/mol.